The predicted octanol–water partition coefficient (Wildman–Crippen LogP) is 2.21. The van der Waals surface area contributed by atoms with Gasteiger partial charge in [-0.25, -0.2) is 4.98 Å². The molecule has 28 heavy (non-hydrogen) atoms. The molecule has 1 spiro atoms. The number of imidazole rings is 1. The molecule has 4 rings (SSSR count). The number of carbonyl (C=O) groups excluding carboxylic acids is 2. The van der Waals surface area contributed by atoms with Crippen LogP contribution in [0.1, 0.15) is 43.1 Å². The number of nitrogens with one attached hydrogen (secondary N) is 1. The Labute approximate surface area is 164 Å². The van der Waals surface area contributed by atoms with Crippen LogP contribution in [0.25, 0.3) is 0 Å². The molecule has 2 unspecified atom stereocenters. The van der Waals surface area contributed by atoms with E-state index in [2.05, 4.69) is 10.3 Å². The number of carbonyl (C=O) groups is 2. The van der Waals surface area contributed by atoms with E-state index >= 15 is 0 Å². The monoisotopic (exact) mass is 382 g/mol. The average Bonchev–Trinajstić information content (AvgIpc) is 3.03. The van der Waals surface area contributed by atoms with Crippen molar-refractivity contribution in [3.63, 3.8) is 0 Å². The van der Waals surface area contributed by atoms with Crippen LogP contribution < -0.4 is 10.1 Å². The number of ether oxygens (including phenoxy) is 1. The lowest BCUT2D eigenvalue weighted by Crippen LogP contribution is -2.46. The number of nitrogens with zero attached hydrogens (tertiary/aromatic N) is 3. The lowest BCUT2D eigenvalue weighted by molar-refractivity contribution is -0.129. The lowest BCUT2D eigenvalue weighted by atomic mass is 9.82. The van der Waals surface area contributed by atoms with E-state index in [1.807, 2.05) is 42.8 Å². The number of amides is 2. The van der Waals surface area contributed by atoms with Crippen LogP contribution in [0.5, 0.6) is 5.75 Å². The maximum Gasteiger partial charge on any atom is 0.240 e. The number of para-hydroxylation sites is 1. The summed E-state index contributed by atoms with van der Waals surface area (Å²) in [7, 11) is 1.84. The van der Waals surface area contributed by atoms with Gasteiger partial charge in [-0.3, -0.25) is 9.59 Å². The van der Waals surface area contributed by atoms with Crippen molar-refractivity contribution in [2.45, 2.75) is 50.8 Å². The smallest absolute Gasteiger partial charge is 0.240 e. The molecule has 1 aromatic heterocycles. The van der Waals surface area contributed by atoms with Crippen molar-refractivity contribution in [3.05, 3.63) is 48.0 Å². The number of fused-ring (bicyclic) bond motifs is 1. The SMILES string of the molecule is Cc1nccn1CC(=O)NC1CC2(CCC(=O)N(C)CC2)Oc2ccccc21. The van der Waals surface area contributed by atoms with Gasteiger partial charge in [-0.2, -0.15) is 0 Å². The number of aryl methyl sites for hydroxylation is 1. The summed E-state index contributed by atoms with van der Waals surface area (Å²) in [5.74, 6) is 1.70. The molecule has 0 aliphatic carbocycles. The Kier molecular flexibility index (Phi) is 4.83. The number of rotatable bonds is 3. The highest BCUT2D eigenvalue weighted by molar-refractivity contribution is 5.77. The molecule has 7 nitrogen and oxygen atoms in total. The summed E-state index contributed by atoms with van der Waals surface area (Å²) in [6.07, 6.45) is 6.06. The Morgan fingerprint density at radius 2 is 2.18 bits per heavy atom. The van der Waals surface area contributed by atoms with Gasteiger partial charge in [0.1, 0.15) is 23.7 Å². The highest BCUT2D eigenvalue weighted by Gasteiger charge is 2.43. The fourth-order valence-corrected chi connectivity index (χ4v) is 4.17. The zero-order valence-corrected chi connectivity index (χ0v) is 16.4. The Morgan fingerprint density at radius 1 is 1.36 bits per heavy atom. The summed E-state index contributed by atoms with van der Waals surface area (Å²) in [6.45, 7) is 2.78. The normalized spacial score (nSPS) is 24.4. The highest BCUT2D eigenvalue weighted by Crippen LogP contribution is 2.44. The minimum Gasteiger partial charge on any atom is -0.487 e. The number of likely N-dealkylation sites (tertiary alicyclic amines) is 1. The Morgan fingerprint density at radius 3 is 2.96 bits per heavy atom. The third-order valence-electron chi connectivity index (χ3n) is 5.89. The molecule has 2 atom stereocenters. The molecule has 2 aliphatic heterocycles. The topological polar surface area (TPSA) is 76.5 Å². The number of aromatic nitrogens is 2. The van der Waals surface area contributed by atoms with Gasteiger partial charge in [0.2, 0.25) is 11.8 Å². The van der Waals surface area contributed by atoms with Gasteiger partial charge in [0.05, 0.1) is 6.04 Å². The predicted molar refractivity (Wildman–Crippen MR) is 104 cm³/mol. The van der Waals surface area contributed by atoms with E-state index < -0.39 is 5.60 Å². The van der Waals surface area contributed by atoms with E-state index in [0.717, 1.165) is 23.6 Å². The summed E-state index contributed by atoms with van der Waals surface area (Å²) in [5, 5.41) is 3.19. The van der Waals surface area contributed by atoms with Crippen LogP contribution in [0.2, 0.25) is 0 Å². The first-order chi connectivity index (χ1) is 13.5. The van der Waals surface area contributed by atoms with Crippen LogP contribution in [0, 0.1) is 6.92 Å². The van der Waals surface area contributed by atoms with Crippen LogP contribution in [0.4, 0.5) is 0 Å². The average molecular weight is 382 g/mol. The molecule has 1 fully saturated rings. The van der Waals surface area contributed by atoms with Crippen LogP contribution in [0.3, 0.4) is 0 Å². The Bertz CT molecular complexity index is 893. The van der Waals surface area contributed by atoms with Gasteiger partial charge in [0, 0.05) is 50.8 Å². The molecule has 7 heteroatoms. The van der Waals surface area contributed by atoms with Crippen LogP contribution in [0.15, 0.2) is 36.7 Å². The van der Waals surface area contributed by atoms with E-state index in [1.165, 1.54) is 0 Å². The minimum absolute atomic E-state index is 0.0558. The second-order valence-corrected chi connectivity index (χ2v) is 7.81. The van der Waals surface area contributed by atoms with Gasteiger partial charge in [-0.05, 0) is 19.4 Å². The molecular formula is C21H26N4O3. The van der Waals surface area contributed by atoms with Gasteiger partial charge in [-0.15, -0.1) is 0 Å². The number of benzene rings is 1. The molecule has 2 aromatic rings. The van der Waals surface area contributed by atoms with Gasteiger partial charge < -0.3 is 19.5 Å². The van der Waals surface area contributed by atoms with Gasteiger partial charge in [0.15, 0.2) is 0 Å². The van der Waals surface area contributed by atoms with Crippen molar-refractivity contribution in [2.24, 2.45) is 0 Å². The van der Waals surface area contributed by atoms with Crippen molar-refractivity contribution >= 4 is 11.8 Å². The summed E-state index contributed by atoms with van der Waals surface area (Å²) >= 11 is 0. The molecule has 2 aliphatic rings. The van der Waals surface area contributed by atoms with Crippen molar-refractivity contribution < 1.29 is 14.3 Å². The van der Waals surface area contributed by atoms with Crippen LogP contribution >= 0.6 is 0 Å². The van der Waals surface area contributed by atoms with E-state index in [1.54, 1.807) is 17.3 Å². The summed E-state index contributed by atoms with van der Waals surface area (Å²) in [6, 6.07) is 7.72. The van der Waals surface area contributed by atoms with E-state index in [4.69, 9.17) is 4.74 Å². The zero-order chi connectivity index (χ0) is 19.7. The van der Waals surface area contributed by atoms with Crippen molar-refractivity contribution in [1.29, 1.82) is 0 Å². The number of hydrogen-bond acceptors (Lipinski definition) is 4. The van der Waals surface area contributed by atoms with Crippen molar-refractivity contribution in [2.75, 3.05) is 13.6 Å². The molecular weight excluding hydrogens is 356 g/mol. The fraction of sp³-hybridized carbons (Fsp3) is 0.476. The molecule has 1 saturated heterocycles. The molecule has 0 bridgehead atoms. The molecule has 1 aromatic carbocycles. The van der Waals surface area contributed by atoms with Crippen molar-refractivity contribution in [1.82, 2.24) is 19.8 Å². The third-order valence-corrected chi connectivity index (χ3v) is 5.89. The summed E-state index contributed by atoms with van der Waals surface area (Å²) in [4.78, 5) is 30.8. The van der Waals surface area contributed by atoms with Gasteiger partial charge >= 0.3 is 0 Å². The first-order valence-electron chi connectivity index (χ1n) is 9.75. The fourth-order valence-electron chi connectivity index (χ4n) is 4.17. The second-order valence-electron chi connectivity index (χ2n) is 7.81. The first kappa shape index (κ1) is 18.5. The molecule has 0 radical (unpaired) electrons. The maximum absolute atomic E-state index is 12.7. The molecule has 1 N–H and O–H groups in total. The Hall–Kier alpha value is -2.83. The first-order valence-corrected chi connectivity index (χ1v) is 9.75. The zero-order valence-electron chi connectivity index (χ0n) is 16.4. The molecule has 0 saturated carbocycles. The summed E-state index contributed by atoms with van der Waals surface area (Å²) < 4.78 is 8.26. The number of hydrogen-bond donors (Lipinski definition) is 1. The lowest BCUT2D eigenvalue weighted by Gasteiger charge is -2.42. The quantitative estimate of drug-likeness (QED) is 0.883. The minimum atomic E-state index is -0.433. The van der Waals surface area contributed by atoms with Gasteiger partial charge in [0.25, 0.3) is 0 Å². The summed E-state index contributed by atoms with van der Waals surface area (Å²) in [5.41, 5.74) is 0.560. The largest absolute Gasteiger partial charge is 0.487 e. The van der Waals surface area contributed by atoms with Crippen molar-refractivity contribution in [3.8, 4) is 5.75 Å². The molecule has 2 amide bonds. The molecule has 3 heterocycles. The highest BCUT2D eigenvalue weighted by atomic mass is 16.5. The van der Waals surface area contributed by atoms with Gasteiger partial charge in [-0.1, -0.05) is 18.2 Å². The Balaban J connectivity index is 1.56. The van der Waals surface area contributed by atoms with E-state index in [0.29, 0.717) is 25.8 Å². The second kappa shape index (κ2) is 7.30. The maximum atomic E-state index is 12.7. The third kappa shape index (κ3) is 3.61. The molecule has 148 valence electrons. The van der Waals surface area contributed by atoms with E-state index in [9.17, 15) is 9.59 Å². The van der Waals surface area contributed by atoms with Crippen LogP contribution in [-0.4, -0.2) is 45.5 Å². The van der Waals surface area contributed by atoms with Crippen LogP contribution in [-0.2, 0) is 16.1 Å². The standard InChI is InChI=1S/C21H26N4O3/c1-15-22-10-12-25(15)14-19(26)23-17-13-21(8-7-20(27)24(2)11-9-21)28-18-6-4-3-5-16(17)18/h3-6,10,12,17H,7-9,11,13-14H2,1-2H3,(H,23,26). The van der Waals surface area contributed by atoms with E-state index in [-0.39, 0.29) is 24.4 Å².